The second kappa shape index (κ2) is 5.87. The number of thiophene rings is 1. The molecule has 112 valence electrons. The molecule has 0 spiro atoms. The van der Waals surface area contributed by atoms with Gasteiger partial charge in [-0.2, -0.15) is 5.26 Å². The van der Waals surface area contributed by atoms with E-state index in [-0.39, 0.29) is 16.2 Å². The van der Waals surface area contributed by atoms with Gasteiger partial charge in [0.1, 0.15) is 16.6 Å². The van der Waals surface area contributed by atoms with Gasteiger partial charge in [0, 0.05) is 11.1 Å². The van der Waals surface area contributed by atoms with E-state index in [4.69, 9.17) is 12.2 Å². The molecule has 0 fully saturated rings. The van der Waals surface area contributed by atoms with E-state index in [1.807, 2.05) is 0 Å². The third kappa shape index (κ3) is 2.61. The molecule has 3 rings (SSSR count). The molecule has 2 heterocycles. The van der Waals surface area contributed by atoms with Crippen LogP contribution in [0.5, 0.6) is 5.88 Å². The standard InChI is InChI=1S/C14H12N4O2S2/c15-5-8-7-3-1-2-4-10(7)22-13(8)16-6-9-11(19)17-14(21)18-12(9)20/h6H,1-4H2,(H3,17,18,19,20,21)/b16-6+. The Kier molecular flexibility index (Phi) is 3.92. The number of aryl methyl sites for hydroxylation is 1. The van der Waals surface area contributed by atoms with Crippen LogP contribution in [0.1, 0.15) is 34.4 Å². The van der Waals surface area contributed by atoms with Crippen LogP contribution in [0.2, 0.25) is 0 Å². The smallest absolute Gasteiger partial charge is 0.264 e. The molecule has 0 saturated heterocycles. The van der Waals surface area contributed by atoms with E-state index in [0.717, 1.165) is 31.2 Å². The Balaban J connectivity index is 2.04. The van der Waals surface area contributed by atoms with E-state index < -0.39 is 5.56 Å². The van der Waals surface area contributed by atoms with Crippen LogP contribution >= 0.6 is 23.6 Å². The van der Waals surface area contributed by atoms with Crippen LogP contribution in [0.4, 0.5) is 5.00 Å². The van der Waals surface area contributed by atoms with Crippen molar-refractivity contribution in [1.29, 1.82) is 5.26 Å². The average Bonchev–Trinajstić information content (AvgIpc) is 2.83. The molecule has 2 aromatic rings. The highest BCUT2D eigenvalue weighted by Crippen LogP contribution is 2.39. The molecule has 1 aliphatic carbocycles. The Morgan fingerprint density at radius 3 is 2.86 bits per heavy atom. The predicted octanol–water partition coefficient (Wildman–Crippen LogP) is 2.70. The van der Waals surface area contributed by atoms with Gasteiger partial charge in [0.05, 0.1) is 5.56 Å². The molecule has 0 amide bonds. The maximum absolute atomic E-state index is 11.8. The highest BCUT2D eigenvalue weighted by Gasteiger charge is 2.20. The summed E-state index contributed by atoms with van der Waals surface area (Å²) in [6.07, 6.45) is 5.33. The van der Waals surface area contributed by atoms with Crippen molar-refractivity contribution in [2.24, 2.45) is 4.99 Å². The molecule has 0 radical (unpaired) electrons. The van der Waals surface area contributed by atoms with Crippen molar-refractivity contribution in [1.82, 2.24) is 9.97 Å². The van der Waals surface area contributed by atoms with Crippen molar-refractivity contribution in [3.8, 4) is 11.9 Å². The van der Waals surface area contributed by atoms with Gasteiger partial charge in [-0.25, -0.2) is 4.99 Å². The molecule has 0 aliphatic heterocycles. The summed E-state index contributed by atoms with van der Waals surface area (Å²) in [7, 11) is 0. The number of fused-ring (bicyclic) bond motifs is 1. The van der Waals surface area contributed by atoms with Gasteiger partial charge in [-0.1, -0.05) is 0 Å². The number of nitriles is 1. The molecule has 0 unspecified atom stereocenters. The van der Waals surface area contributed by atoms with Gasteiger partial charge in [0.15, 0.2) is 4.77 Å². The highest BCUT2D eigenvalue weighted by atomic mass is 32.1. The number of hydrogen-bond donors (Lipinski definition) is 3. The van der Waals surface area contributed by atoms with Gasteiger partial charge >= 0.3 is 0 Å². The van der Waals surface area contributed by atoms with Gasteiger partial charge < -0.3 is 10.1 Å². The topological polar surface area (TPSA) is 105 Å². The monoisotopic (exact) mass is 332 g/mol. The second-order valence-corrected chi connectivity index (χ2v) is 6.42. The van der Waals surface area contributed by atoms with E-state index in [1.54, 1.807) is 0 Å². The van der Waals surface area contributed by atoms with Crippen LogP contribution in [0.3, 0.4) is 0 Å². The van der Waals surface area contributed by atoms with Crippen LogP contribution < -0.4 is 5.56 Å². The zero-order chi connectivity index (χ0) is 15.7. The van der Waals surface area contributed by atoms with Crippen molar-refractivity contribution < 1.29 is 5.11 Å². The summed E-state index contributed by atoms with van der Waals surface area (Å²) in [5, 5.41) is 19.7. The van der Waals surface area contributed by atoms with Crippen molar-refractivity contribution in [3.05, 3.63) is 36.7 Å². The van der Waals surface area contributed by atoms with Gasteiger partial charge in [-0.05, 0) is 43.5 Å². The molecule has 6 nitrogen and oxygen atoms in total. The minimum Gasteiger partial charge on any atom is -0.494 e. The Morgan fingerprint density at radius 2 is 2.14 bits per heavy atom. The van der Waals surface area contributed by atoms with Crippen LogP contribution in [-0.2, 0) is 12.8 Å². The Hall–Kier alpha value is -2.24. The lowest BCUT2D eigenvalue weighted by Gasteiger charge is -2.09. The SMILES string of the molecule is N#Cc1c(/N=C/c2c(O)[nH]c(=S)[nH]c2=O)sc2c1CCCC2. The Morgan fingerprint density at radius 1 is 1.36 bits per heavy atom. The summed E-state index contributed by atoms with van der Waals surface area (Å²) < 4.78 is 0.0453. The van der Waals surface area contributed by atoms with Crippen LogP contribution in [-0.4, -0.2) is 21.3 Å². The first-order valence-corrected chi connectivity index (χ1v) is 7.97. The summed E-state index contributed by atoms with van der Waals surface area (Å²) in [5.74, 6) is -0.336. The van der Waals surface area contributed by atoms with Crippen molar-refractivity contribution >= 4 is 34.8 Å². The van der Waals surface area contributed by atoms with E-state index in [2.05, 4.69) is 21.0 Å². The third-order valence-corrected chi connectivity index (χ3v) is 4.94. The molecular weight excluding hydrogens is 320 g/mol. The Labute approximate surface area is 134 Å². The predicted molar refractivity (Wildman–Crippen MR) is 86.8 cm³/mol. The largest absolute Gasteiger partial charge is 0.494 e. The Bertz CT molecular complexity index is 914. The minimum absolute atomic E-state index is 0.0103. The summed E-state index contributed by atoms with van der Waals surface area (Å²) in [4.78, 5) is 22.1. The first-order valence-electron chi connectivity index (χ1n) is 6.74. The first kappa shape index (κ1) is 14.7. The minimum atomic E-state index is -0.523. The maximum Gasteiger partial charge on any atom is 0.264 e. The molecule has 0 aromatic carbocycles. The van der Waals surface area contributed by atoms with E-state index in [0.29, 0.717) is 10.6 Å². The van der Waals surface area contributed by atoms with Crippen LogP contribution in [0.25, 0.3) is 0 Å². The van der Waals surface area contributed by atoms with E-state index in [1.165, 1.54) is 22.4 Å². The first-order chi connectivity index (χ1) is 10.6. The molecule has 22 heavy (non-hydrogen) atoms. The maximum atomic E-state index is 11.8. The molecule has 8 heteroatoms. The van der Waals surface area contributed by atoms with Crippen molar-refractivity contribution in [3.63, 3.8) is 0 Å². The number of nitrogens with zero attached hydrogens (tertiary/aromatic N) is 2. The second-order valence-electron chi connectivity index (χ2n) is 4.93. The van der Waals surface area contributed by atoms with Crippen molar-refractivity contribution in [2.75, 3.05) is 0 Å². The summed E-state index contributed by atoms with van der Waals surface area (Å²) in [5.41, 5.74) is 1.13. The van der Waals surface area contributed by atoms with Gasteiger partial charge in [-0.15, -0.1) is 11.3 Å². The number of H-pyrrole nitrogens is 2. The molecule has 0 bridgehead atoms. The fourth-order valence-electron chi connectivity index (χ4n) is 2.48. The highest BCUT2D eigenvalue weighted by molar-refractivity contribution is 7.71. The lowest BCUT2D eigenvalue weighted by atomic mass is 9.96. The van der Waals surface area contributed by atoms with Crippen LogP contribution in [0, 0.1) is 16.1 Å². The van der Waals surface area contributed by atoms with E-state index >= 15 is 0 Å². The number of hydrogen-bond acceptors (Lipinski definition) is 6. The average molecular weight is 332 g/mol. The number of rotatable bonds is 2. The lowest BCUT2D eigenvalue weighted by Crippen LogP contribution is -2.13. The number of aliphatic imine (C=N–C) groups is 1. The summed E-state index contributed by atoms with van der Waals surface area (Å²) >= 11 is 6.24. The van der Waals surface area contributed by atoms with Crippen molar-refractivity contribution in [2.45, 2.75) is 25.7 Å². The summed E-state index contributed by atoms with van der Waals surface area (Å²) in [6, 6.07) is 2.20. The van der Waals surface area contributed by atoms with Crippen LogP contribution in [0.15, 0.2) is 9.79 Å². The van der Waals surface area contributed by atoms with Gasteiger partial charge in [0.25, 0.3) is 5.56 Å². The molecule has 0 saturated carbocycles. The molecule has 1 aliphatic rings. The number of aromatic hydroxyl groups is 1. The normalized spacial score (nSPS) is 14.0. The third-order valence-electron chi connectivity index (χ3n) is 3.53. The molecule has 3 N–H and O–H groups in total. The number of aromatic amines is 2. The quantitative estimate of drug-likeness (QED) is 0.581. The van der Waals surface area contributed by atoms with Gasteiger partial charge in [-0.3, -0.25) is 9.78 Å². The zero-order valence-electron chi connectivity index (χ0n) is 11.5. The molecule has 0 atom stereocenters. The van der Waals surface area contributed by atoms with E-state index in [9.17, 15) is 15.2 Å². The molecular formula is C14H12N4O2S2. The number of aromatic nitrogens is 2. The number of nitrogens with one attached hydrogen (secondary N) is 2. The zero-order valence-corrected chi connectivity index (χ0v) is 13.1. The summed E-state index contributed by atoms with van der Waals surface area (Å²) in [6.45, 7) is 0. The fraction of sp³-hybridized carbons (Fsp3) is 0.286. The van der Waals surface area contributed by atoms with Gasteiger partial charge in [0.2, 0.25) is 5.88 Å². The lowest BCUT2D eigenvalue weighted by molar-refractivity contribution is 0.449. The molecule has 2 aromatic heterocycles. The fourth-order valence-corrected chi connectivity index (χ4v) is 3.86.